The van der Waals surface area contributed by atoms with Crippen LogP contribution in [-0.2, 0) is 18.4 Å². The van der Waals surface area contributed by atoms with E-state index in [-0.39, 0.29) is 35.7 Å². The van der Waals surface area contributed by atoms with Crippen LogP contribution in [0.25, 0.3) is 0 Å². The lowest BCUT2D eigenvalue weighted by molar-refractivity contribution is -0.131. The summed E-state index contributed by atoms with van der Waals surface area (Å²) in [4.78, 5) is 20.7. The van der Waals surface area contributed by atoms with Crippen molar-refractivity contribution < 1.29 is 9.18 Å². The minimum absolute atomic E-state index is 0. The van der Waals surface area contributed by atoms with Crippen LogP contribution in [0.15, 0.2) is 41.5 Å². The van der Waals surface area contributed by atoms with Crippen molar-refractivity contribution in [2.75, 3.05) is 44.7 Å². The van der Waals surface area contributed by atoms with Gasteiger partial charge in [0, 0.05) is 65.1 Å². The van der Waals surface area contributed by atoms with Gasteiger partial charge in [-0.05, 0) is 30.3 Å². The van der Waals surface area contributed by atoms with Crippen molar-refractivity contribution in [3.8, 4) is 0 Å². The number of aryl methyl sites for hydroxylation is 1. The van der Waals surface area contributed by atoms with Crippen LogP contribution in [0, 0.1) is 5.82 Å². The van der Waals surface area contributed by atoms with Crippen LogP contribution in [0.1, 0.15) is 12.1 Å². The number of carbonyl (C=O) groups is 1. The largest absolute Gasteiger partial charge is 0.368 e. The first-order chi connectivity index (χ1) is 14.1. The molecule has 0 unspecified atom stereocenters. The van der Waals surface area contributed by atoms with Crippen LogP contribution in [-0.4, -0.2) is 66.3 Å². The number of anilines is 1. The van der Waals surface area contributed by atoms with E-state index in [1.165, 1.54) is 12.1 Å². The number of nitrogens with one attached hydrogen (secondary N) is 2. The molecule has 1 saturated heterocycles. The maximum Gasteiger partial charge on any atom is 0.224 e. The van der Waals surface area contributed by atoms with Crippen molar-refractivity contribution >= 4 is 41.5 Å². The fourth-order valence-corrected chi connectivity index (χ4v) is 3.28. The summed E-state index contributed by atoms with van der Waals surface area (Å²) in [5.41, 5.74) is 2.03. The van der Waals surface area contributed by atoms with E-state index in [1.54, 1.807) is 30.1 Å². The van der Waals surface area contributed by atoms with E-state index < -0.39 is 0 Å². The highest BCUT2D eigenvalue weighted by atomic mass is 127. The molecule has 0 radical (unpaired) electrons. The fraction of sp³-hybridized carbons (Fsp3) is 0.450. The number of amides is 1. The molecule has 1 amide bonds. The predicted octanol–water partition coefficient (Wildman–Crippen LogP) is 1.58. The van der Waals surface area contributed by atoms with Crippen molar-refractivity contribution in [1.29, 1.82) is 0 Å². The lowest BCUT2D eigenvalue weighted by Gasteiger charge is -2.36. The zero-order valence-electron chi connectivity index (χ0n) is 17.3. The van der Waals surface area contributed by atoms with E-state index >= 15 is 0 Å². The lowest BCUT2D eigenvalue weighted by atomic mass is 10.2. The molecule has 2 heterocycles. The Kier molecular flexibility index (Phi) is 9.34. The minimum Gasteiger partial charge on any atom is -0.368 e. The second kappa shape index (κ2) is 11.7. The molecule has 0 atom stereocenters. The lowest BCUT2D eigenvalue weighted by Crippen LogP contribution is -2.49. The first kappa shape index (κ1) is 23.9. The van der Waals surface area contributed by atoms with E-state index in [0.717, 1.165) is 24.5 Å². The monoisotopic (exact) mass is 529 g/mol. The van der Waals surface area contributed by atoms with Crippen molar-refractivity contribution in [3.63, 3.8) is 0 Å². The van der Waals surface area contributed by atoms with Crippen LogP contribution in [0.4, 0.5) is 10.1 Å². The second-order valence-corrected chi connectivity index (χ2v) is 6.89. The summed E-state index contributed by atoms with van der Waals surface area (Å²) in [6, 6.07) is 8.43. The van der Waals surface area contributed by atoms with Crippen molar-refractivity contribution in [2.45, 2.75) is 13.0 Å². The molecule has 0 bridgehead atoms. The van der Waals surface area contributed by atoms with Crippen molar-refractivity contribution in [1.82, 2.24) is 25.3 Å². The molecule has 0 saturated carbocycles. The van der Waals surface area contributed by atoms with E-state index in [4.69, 9.17) is 0 Å². The molecule has 8 nitrogen and oxygen atoms in total. The first-order valence-corrected chi connectivity index (χ1v) is 9.76. The van der Waals surface area contributed by atoms with Gasteiger partial charge in [0.15, 0.2) is 5.96 Å². The quantitative estimate of drug-likeness (QED) is 0.338. The zero-order valence-corrected chi connectivity index (χ0v) is 19.7. The first-order valence-electron chi connectivity index (χ1n) is 9.76. The average Bonchev–Trinajstić information content (AvgIpc) is 3.16. The Balaban J connectivity index is 0.00000320. The van der Waals surface area contributed by atoms with E-state index in [0.29, 0.717) is 38.6 Å². The van der Waals surface area contributed by atoms with Crippen LogP contribution >= 0.6 is 24.0 Å². The summed E-state index contributed by atoms with van der Waals surface area (Å²) in [5, 5.41) is 10.5. The Morgan fingerprint density at radius 1 is 1.13 bits per heavy atom. The molecule has 2 N–H and O–H groups in total. The Hall–Kier alpha value is -2.37. The highest BCUT2D eigenvalue weighted by Crippen LogP contribution is 2.17. The molecule has 1 aliphatic heterocycles. The molecule has 30 heavy (non-hydrogen) atoms. The van der Waals surface area contributed by atoms with Crippen LogP contribution in [0.2, 0.25) is 0 Å². The van der Waals surface area contributed by atoms with Gasteiger partial charge in [-0.15, -0.1) is 24.0 Å². The predicted molar refractivity (Wildman–Crippen MR) is 127 cm³/mol. The summed E-state index contributed by atoms with van der Waals surface area (Å²) < 4.78 is 14.9. The Labute approximate surface area is 193 Å². The topological polar surface area (TPSA) is 77.8 Å². The number of rotatable bonds is 6. The molecule has 1 fully saturated rings. The second-order valence-electron chi connectivity index (χ2n) is 6.89. The van der Waals surface area contributed by atoms with Gasteiger partial charge < -0.3 is 20.4 Å². The standard InChI is InChI=1S/C20H28FN7O.HI/c1-22-20(24-15-18-7-10-25-26(18)2)23-9-8-19(29)28-13-11-27(12-14-28)17-5-3-16(21)4-6-17;/h3-7,10H,8-9,11-15H2,1-2H3,(H2,22,23,24);1H. The number of piperazine rings is 1. The van der Waals surface area contributed by atoms with E-state index in [1.807, 2.05) is 18.0 Å². The number of guanidine groups is 1. The molecule has 0 aliphatic carbocycles. The summed E-state index contributed by atoms with van der Waals surface area (Å²) in [6.07, 6.45) is 2.16. The third-order valence-electron chi connectivity index (χ3n) is 5.04. The summed E-state index contributed by atoms with van der Waals surface area (Å²) >= 11 is 0. The molecule has 2 aromatic rings. The van der Waals surface area contributed by atoms with Crippen molar-refractivity contribution in [3.05, 3.63) is 48.0 Å². The van der Waals surface area contributed by atoms with Gasteiger partial charge in [-0.25, -0.2) is 4.39 Å². The van der Waals surface area contributed by atoms with E-state index in [2.05, 4.69) is 25.6 Å². The minimum atomic E-state index is -0.236. The molecule has 3 rings (SSSR count). The Morgan fingerprint density at radius 2 is 1.83 bits per heavy atom. The maximum atomic E-state index is 13.1. The molecule has 1 aliphatic rings. The number of aromatic nitrogens is 2. The Bertz CT molecular complexity index is 832. The van der Waals surface area contributed by atoms with Gasteiger partial charge in [-0.2, -0.15) is 5.10 Å². The number of carbonyl (C=O) groups excluding carboxylic acids is 1. The molecule has 1 aromatic carbocycles. The number of hydrogen-bond acceptors (Lipinski definition) is 4. The highest BCUT2D eigenvalue weighted by Gasteiger charge is 2.21. The third-order valence-corrected chi connectivity index (χ3v) is 5.04. The van der Waals surface area contributed by atoms with Crippen molar-refractivity contribution in [2.24, 2.45) is 12.0 Å². The fourth-order valence-electron chi connectivity index (χ4n) is 3.28. The molecular weight excluding hydrogens is 500 g/mol. The molecular formula is C20H29FIN7O. The van der Waals surface area contributed by atoms with Gasteiger partial charge in [0.2, 0.25) is 5.91 Å². The molecule has 0 spiro atoms. The third kappa shape index (κ3) is 6.57. The molecule has 1 aromatic heterocycles. The number of hydrogen-bond donors (Lipinski definition) is 2. The van der Waals surface area contributed by atoms with Gasteiger partial charge in [0.05, 0.1) is 12.2 Å². The van der Waals surface area contributed by atoms with E-state index in [9.17, 15) is 9.18 Å². The number of halogens is 2. The van der Waals surface area contributed by atoms with Gasteiger partial charge >= 0.3 is 0 Å². The number of aliphatic imine (C=N–C) groups is 1. The summed E-state index contributed by atoms with van der Waals surface area (Å²) in [6.45, 7) is 3.96. The SMILES string of the molecule is CN=C(NCCC(=O)N1CCN(c2ccc(F)cc2)CC1)NCc1ccnn1C.I. The number of benzene rings is 1. The smallest absolute Gasteiger partial charge is 0.224 e. The van der Waals surface area contributed by atoms with Gasteiger partial charge in [-0.1, -0.05) is 0 Å². The molecule has 10 heteroatoms. The summed E-state index contributed by atoms with van der Waals surface area (Å²) in [7, 11) is 3.59. The van der Waals surface area contributed by atoms with Gasteiger partial charge in [0.1, 0.15) is 5.82 Å². The maximum absolute atomic E-state index is 13.1. The van der Waals surface area contributed by atoms with Crippen LogP contribution in [0.3, 0.4) is 0 Å². The zero-order chi connectivity index (χ0) is 20.6. The van der Waals surface area contributed by atoms with Gasteiger partial charge in [-0.3, -0.25) is 14.5 Å². The highest BCUT2D eigenvalue weighted by molar-refractivity contribution is 14.0. The Morgan fingerprint density at radius 3 is 2.43 bits per heavy atom. The molecule has 164 valence electrons. The van der Waals surface area contributed by atoms with Crippen LogP contribution in [0.5, 0.6) is 0 Å². The van der Waals surface area contributed by atoms with Gasteiger partial charge in [0.25, 0.3) is 0 Å². The number of nitrogens with zero attached hydrogens (tertiary/aromatic N) is 5. The average molecular weight is 529 g/mol. The normalized spacial score (nSPS) is 14.3. The summed E-state index contributed by atoms with van der Waals surface area (Å²) in [5.74, 6) is 0.540. The van der Waals surface area contributed by atoms with Crippen LogP contribution < -0.4 is 15.5 Å².